The first kappa shape index (κ1) is 13.2. The van der Waals surface area contributed by atoms with Gasteiger partial charge in [-0.2, -0.15) is 17.6 Å². The zero-order chi connectivity index (χ0) is 12.5. The van der Waals surface area contributed by atoms with Crippen LogP contribution in [0.15, 0.2) is 21.5 Å². The standard InChI is InChI=1S/C7H2BrF4NO2S/c8-5-4(16-7(10,11)12)2-1-3(9)6(5)13(14)15/h1-2H. The first-order chi connectivity index (χ1) is 7.22. The number of halogens is 5. The first-order valence-corrected chi connectivity index (χ1v) is 5.21. The van der Waals surface area contributed by atoms with Gasteiger partial charge in [0, 0.05) is 4.90 Å². The molecular formula is C7H2BrF4NO2S. The lowest BCUT2D eigenvalue weighted by molar-refractivity contribution is -0.388. The Balaban J connectivity index is 3.24. The summed E-state index contributed by atoms with van der Waals surface area (Å²) in [4.78, 5) is 8.86. The Kier molecular flexibility index (Phi) is 3.79. The molecule has 0 aliphatic heterocycles. The van der Waals surface area contributed by atoms with Crippen molar-refractivity contribution in [2.45, 2.75) is 10.4 Å². The van der Waals surface area contributed by atoms with Crippen LogP contribution in [0.2, 0.25) is 0 Å². The second-order valence-corrected chi connectivity index (χ2v) is 4.41. The minimum Gasteiger partial charge on any atom is -0.258 e. The van der Waals surface area contributed by atoms with E-state index in [2.05, 4.69) is 15.9 Å². The number of nitro groups is 1. The SMILES string of the molecule is O=[N+]([O-])c1c(F)ccc(SC(F)(F)F)c1Br. The molecule has 0 saturated heterocycles. The van der Waals surface area contributed by atoms with Crippen LogP contribution in [-0.4, -0.2) is 10.4 Å². The molecule has 0 unspecified atom stereocenters. The largest absolute Gasteiger partial charge is 0.446 e. The molecule has 0 spiro atoms. The zero-order valence-electron chi connectivity index (χ0n) is 7.22. The van der Waals surface area contributed by atoms with Gasteiger partial charge in [0.2, 0.25) is 5.82 Å². The highest BCUT2D eigenvalue weighted by Gasteiger charge is 2.33. The van der Waals surface area contributed by atoms with Crippen molar-refractivity contribution in [3.8, 4) is 0 Å². The third kappa shape index (κ3) is 3.08. The van der Waals surface area contributed by atoms with E-state index in [0.29, 0.717) is 6.07 Å². The van der Waals surface area contributed by atoms with Crippen molar-refractivity contribution >= 4 is 33.4 Å². The first-order valence-electron chi connectivity index (χ1n) is 3.60. The fraction of sp³-hybridized carbons (Fsp3) is 0.143. The van der Waals surface area contributed by atoms with Gasteiger partial charge in [-0.15, -0.1) is 0 Å². The second-order valence-electron chi connectivity index (χ2n) is 2.51. The minimum atomic E-state index is -4.59. The van der Waals surface area contributed by atoms with E-state index in [1.165, 1.54) is 0 Å². The highest BCUT2D eigenvalue weighted by atomic mass is 79.9. The summed E-state index contributed by atoms with van der Waals surface area (Å²) in [5.74, 6) is -1.19. The molecule has 0 fully saturated rings. The van der Waals surface area contributed by atoms with Crippen LogP contribution in [0.25, 0.3) is 0 Å². The number of benzene rings is 1. The maximum absolute atomic E-state index is 13.0. The third-order valence-corrected chi connectivity index (χ3v) is 3.30. The average molecular weight is 320 g/mol. The normalized spacial score (nSPS) is 11.6. The molecule has 0 atom stereocenters. The Morgan fingerprint density at radius 1 is 1.38 bits per heavy atom. The number of thioether (sulfide) groups is 1. The van der Waals surface area contributed by atoms with E-state index in [0.717, 1.165) is 6.07 Å². The Morgan fingerprint density at radius 2 is 1.94 bits per heavy atom. The number of rotatable bonds is 2. The minimum absolute atomic E-state index is 0.458. The van der Waals surface area contributed by atoms with Crippen LogP contribution in [-0.2, 0) is 0 Å². The summed E-state index contributed by atoms with van der Waals surface area (Å²) in [6, 6.07) is 1.45. The molecule has 0 heterocycles. The van der Waals surface area contributed by atoms with Crippen LogP contribution in [0.3, 0.4) is 0 Å². The van der Waals surface area contributed by atoms with Gasteiger partial charge in [0.25, 0.3) is 0 Å². The van der Waals surface area contributed by atoms with Crippen LogP contribution in [0.1, 0.15) is 0 Å². The van der Waals surface area contributed by atoms with Gasteiger partial charge in [-0.05, 0) is 39.8 Å². The van der Waals surface area contributed by atoms with Gasteiger partial charge in [-0.3, -0.25) is 10.1 Å². The molecule has 0 aliphatic carbocycles. The molecule has 0 radical (unpaired) electrons. The number of nitrogens with zero attached hydrogens (tertiary/aromatic N) is 1. The predicted molar refractivity (Wildman–Crippen MR) is 52.7 cm³/mol. The van der Waals surface area contributed by atoms with Crippen molar-refractivity contribution in [2.75, 3.05) is 0 Å². The van der Waals surface area contributed by atoms with Crippen molar-refractivity contribution < 1.29 is 22.5 Å². The quantitative estimate of drug-likeness (QED) is 0.356. The lowest BCUT2D eigenvalue weighted by Crippen LogP contribution is -2.01. The molecule has 1 aromatic carbocycles. The number of alkyl halides is 3. The maximum Gasteiger partial charge on any atom is 0.446 e. The number of hydrogen-bond donors (Lipinski definition) is 0. The molecule has 3 nitrogen and oxygen atoms in total. The molecule has 0 saturated carbocycles. The van der Waals surface area contributed by atoms with Gasteiger partial charge >= 0.3 is 11.2 Å². The van der Waals surface area contributed by atoms with Gasteiger partial charge in [0.05, 0.1) is 4.92 Å². The molecule has 1 rings (SSSR count). The summed E-state index contributed by atoms with van der Waals surface area (Å²) in [6.07, 6.45) is 0. The highest BCUT2D eigenvalue weighted by Crippen LogP contribution is 2.43. The predicted octanol–water partition coefficient (Wildman–Crippen LogP) is 4.11. The van der Waals surface area contributed by atoms with Crippen molar-refractivity contribution in [1.29, 1.82) is 0 Å². The van der Waals surface area contributed by atoms with Crippen molar-refractivity contribution in [3.63, 3.8) is 0 Å². The Bertz CT molecular complexity index is 437. The van der Waals surface area contributed by atoms with Crippen LogP contribution in [0.4, 0.5) is 23.2 Å². The van der Waals surface area contributed by atoms with Gasteiger partial charge in [-0.1, -0.05) is 0 Å². The van der Waals surface area contributed by atoms with E-state index in [9.17, 15) is 27.7 Å². The summed E-state index contributed by atoms with van der Waals surface area (Å²) in [5, 5.41) is 10.4. The summed E-state index contributed by atoms with van der Waals surface area (Å²) in [5.41, 5.74) is -5.59. The van der Waals surface area contributed by atoms with Gasteiger partial charge in [0.1, 0.15) is 4.47 Å². The van der Waals surface area contributed by atoms with Crippen molar-refractivity contribution in [3.05, 3.63) is 32.5 Å². The van der Waals surface area contributed by atoms with Crippen molar-refractivity contribution in [1.82, 2.24) is 0 Å². The van der Waals surface area contributed by atoms with Gasteiger partial charge in [0.15, 0.2) is 0 Å². The number of hydrogen-bond acceptors (Lipinski definition) is 3. The van der Waals surface area contributed by atoms with E-state index in [1.54, 1.807) is 0 Å². The van der Waals surface area contributed by atoms with Crippen molar-refractivity contribution in [2.24, 2.45) is 0 Å². The zero-order valence-corrected chi connectivity index (χ0v) is 9.62. The monoisotopic (exact) mass is 319 g/mol. The molecule has 0 aromatic heterocycles. The molecule has 0 aliphatic rings. The van der Waals surface area contributed by atoms with Crippen LogP contribution in [0.5, 0.6) is 0 Å². The second kappa shape index (κ2) is 4.58. The summed E-state index contributed by atoms with van der Waals surface area (Å²) < 4.78 is 48.5. The van der Waals surface area contributed by atoms with Gasteiger partial charge in [-0.25, -0.2) is 0 Å². The summed E-state index contributed by atoms with van der Waals surface area (Å²) >= 11 is 2.03. The molecule has 16 heavy (non-hydrogen) atoms. The van der Waals surface area contributed by atoms with E-state index in [1.807, 2.05) is 0 Å². The summed E-state index contributed by atoms with van der Waals surface area (Å²) in [7, 11) is 0. The summed E-state index contributed by atoms with van der Waals surface area (Å²) in [6.45, 7) is 0. The fourth-order valence-electron chi connectivity index (χ4n) is 0.893. The smallest absolute Gasteiger partial charge is 0.258 e. The molecule has 0 N–H and O–H groups in total. The number of nitro benzene ring substituents is 1. The van der Waals surface area contributed by atoms with E-state index < -0.39 is 43.1 Å². The molecule has 9 heteroatoms. The average Bonchev–Trinajstić information content (AvgIpc) is 2.07. The fourth-order valence-corrected chi connectivity index (χ4v) is 2.17. The molecule has 1 aromatic rings. The topological polar surface area (TPSA) is 43.1 Å². The van der Waals surface area contributed by atoms with Crippen LogP contribution < -0.4 is 0 Å². The Labute approximate surface area is 99.1 Å². The van der Waals surface area contributed by atoms with Gasteiger partial charge < -0.3 is 0 Å². The molecule has 88 valence electrons. The van der Waals surface area contributed by atoms with E-state index >= 15 is 0 Å². The maximum atomic E-state index is 13.0. The Hall–Kier alpha value is -0.830. The molecule has 0 amide bonds. The lowest BCUT2D eigenvalue weighted by Gasteiger charge is -2.07. The van der Waals surface area contributed by atoms with Crippen LogP contribution >= 0.6 is 27.7 Å². The van der Waals surface area contributed by atoms with E-state index in [-0.39, 0.29) is 0 Å². The van der Waals surface area contributed by atoms with Crippen LogP contribution in [0, 0.1) is 15.9 Å². The highest BCUT2D eigenvalue weighted by molar-refractivity contribution is 9.10. The molecule has 0 bridgehead atoms. The Morgan fingerprint density at radius 3 is 2.38 bits per heavy atom. The van der Waals surface area contributed by atoms with E-state index in [4.69, 9.17) is 0 Å². The molecular weight excluding hydrogens is 318 g/mol. The lowest BCUT2D eigenvalue weighted by atomic mass is 10.3. The third-order valence-electron chi connectivity index (χ3n) is 1.44.